The number of nitrogens with one attached hydrogen (secondary N) is 1. The summed E-state index contributed by atoms with van der Waals surface area (Å²) in [5, 5.41) is 3.33. The van der Waals surface area contributed by atoms with Crippen LogP contribution in [0.3, 0.4) is 0 Å². The highest BCUT2D eigenvalue weighted by Gasteiger charge is 2.30. The molecule has 0 aliphatic rings. The molecule has 0 unspecified atom stereocenters. The Labute approximate surface area is 193 Å². The van der Waals surface area contributed by atoms with Crippen LogP contribution >= 0.6 is 0 Å². The summed E-state index contributed by atoms with van der Waals surface area (Å²) in [6, 6.07) is 14.4. The second kappa shape index (κ2) is 8.26. The average molecular weight is 460 g/mol. The van der Waals surface area contributed by atoms with Crippen LogP contribution in [0.1, 0.15) is 11.1 Å². The normalized spacial score (nSPS) is 11.7. The molecule has 0 fully saturated rings. The molecule has 0 radical (unpaired) electrons. The molecule has 0 saturated heterocycles. The van der Waals surface area contributed by atoms with Crippen LogP contribution in [0.15, 0.2) is 73.3 Å². The second-order valence-electron chi connectivity index (χ2n) is 7.89. The van der Waals surface area contributed by atoms with Crippen molar-refractivity contribution in [1.82, 2.24) is 24.5 Å². The van der Waals surface area contributed by atoms with E-state index >= 15 is 0 Å². The first kappa shape index (κ1) is 21.6. The van der Waals surface area contributed by atoms with E-state index in [1.54, 1.807) is 35.4 Å². The third kappa shape index (κ3) is 4.07. The Hall–Kier alpha value is -4.27. The zero-order valence-electron chi connectivity index (χ0n) is 18.3. The Morgan fingerprint density at radius 1 is 0.882 bits per heavy atom. The smallest absolute Gasteiger partial charge is 0.338 e. The number of imidazole rings is 1. The van der Waals surface area contributed by atoms with Crippen molar-refractivity contribution in [3.8, 4) is 22.5 Å². The Kier molecular flexibility index (Phi) is 5.24. The van der Waals surface area contributed by atoms with Gasteiger partial charge in [-0.25, -0.2) is 15.0 Å². The SMILES string of the molecule is Cc1ccc(-c2cccc(C(F)(F)F)c2)cc1Nc1nc(-c2ccncc2)nc2c1ncn2C. The highest BCUT2D eigenvalue weighted by molar-refractivity contribution is 5.88. The van der Waals surface area contributed by atoms with Gasteiger partial charge in [-0.3, -0.25) is 4.98 Å². The van der Waals surface area contributed by atoms with E-state index in [0.29, 0.717) is 39.6 Å². The fraction of sp³-hybridized carbons (Fsp3) is 0.120. The number of benzene rings is 2. The molecule has 0 spiro atoms. The maximum absolute atomic E-state index is 13.2. The van der Waals surface area contributed by atoms with E-state index in [2.05, 4.69) is 20.3 Å². The highest BCUT2D eigenvalue weighted by atomic mass is 19.4. The van der Waals surface area contributed by atoms with Crippen molar-refractivity contribution in [2.75, 3.05) is 5.32 Å². The maximum atomic E-state index is 13.2. The first-order chi connectivity index (χ1) is 16.3. The predicted octanol–water partition coefficient (Wildman–Crippen LogP) is 6.16. The van der Waals surface area contributed by atoms with Gasteiger partial charge < -0.3 is 9.88 Å². The maximum Gasteiger partial charge on any atom is 0.416 e. The van der Waals surface area contributed by atoms with Crippen LogP contribution in [0.5, 0.6) is 0 Å². The molecular formula is C25H19F3N6. The van der Waals surface area contributed by atoms with Crippen molar-refractivity contribution < 1.29 is 13.2 Å². The van der Waals surface area contributed by atoms with E-state index in [0.717, 1.165) is 23.3 Å². The average Bonchev–Trinajstić information content (AvgIpc) is 3.21. The molecule has 0 aliphatic heterocycles. The van der Waals surface area contributed by atoms with Crippen LogP contribution in [-0.2, 0) is 13.2 Å². The summed E-state index contributed by atoms with van der Waals surface area (Å²) in [7, 11) is 1.85. The van der Waals surface area contributed by atoms with Crippen molar-refractivity contribution in [2.24, 2.45) is 7.05 Å². The number of rotatable bonds is 4. The lowest BCUT2D eigenvalue weighted by Gasteiger charge is -2.14. The molecule has 6 nitrogen and oxygen atoms in total. The van der Waals surface area contributed by atoms with Gasteiger partial charge in [-0.2, -0.15) is 13.2 Å². The number of pyridine rings is 1. The number of alkyl halides is 3. The van der Waals surface area contributed by atoms with Crippen molar-refractivity contribution in [2.45, 2.75) is 13.1 Å². The molecule has 3 aromatic heterocycles. The summed E-state index contributed by atoms with van der Waals surface area (Å²) in [5.74, 6) is 1.01. The lowest BCUT2D eigenvalue weighted by atomic mass is 10.0. The number of hydrogen-bond acceptors (Lipinski definition) is 5. The number of aromatic nitrogens is 5. The van der Waals surface area contributed by atoms with E-state index in [4.69, 9.17) is 4.98 Å². The third-order valence-electron chi connectivity index (χ3n) is 5.51. The number of anilines is 2. The second-order valence-corrected chi connectivity index (χ2v) is 7.89. The van der Waals surface area contributed by atoms with Crippen LogP contribution in [0.25, 0.3) is 33.7 Å². The van der Waals surface area contributed by atoms with Crippen LogP contribution in [0, 0.1) is 6.92 Å². The van der Waals surface area contributed by atoms with Gasteiger partial charge in [0.2, 0.25) is 0 Å². The van der Waals surface area contributed by atoms with Crippen LogP contribution in [0.4, 0.5) is 24.7 Å². The predicted molar refractivity (Wildman–Crippen MR) is 124 cm³/mol. The van der Waals surface area contributed by atoms with Gasteiger partial charge in [0.25, 0.3) is 0 Å². The quantitative estimate of drug-likeness (QED) is 0.348. The summed E-state index contributed by atoms with van der Waals surface area (Å²) in [6.07, 6.45) is 0.591. The van der Waals surface area contributed by atoms with Crippen molar-refractivity contribution in [3.05, 3.63) is 84.4 Å². The minimum Gasteiger partial charge on any atom is -0.338 e. The third-order valence-corrected chi connectivity index (χ3v) is 5.51. The molecule has 0 amide bonds. The molecule has 0 bridgehead atoms. The Morgan fingerprint density at radius 3 is 2.41 bits per heavy atom. The molecule has 0 atom stereocenters. The molecule has 34 heavy (non-hydrogen) atoms. The zero-order valence-corrected chi connectivity index (χ0v) is 18.3. The largest absolute Gasteiger partial charge is 0.416 e. The van der Waals surface area contributed by atoms with Gasteiger partial charge >= 0.3 is 6.18 Å². The topological polar surface area (TPSA) is 68.5 Å². The highest BCUT2D eigenvalue weighted by Crippen LogP contribution is 2.34. The number of fused-ring (bicyclic) bond motifs is 1. The summed E-state index contributed by atoms with van der Waals surface area (Å²) in [4.78, 5) is 17.8. The van der Waals surface area contributed by atoms with Gasteiger partial charge in [0, 0.05) is 30.7 Å². The molecule has 170 valence electrons. The molecule has 0 aliphatic carbocycles. The van der Waals surface area contributed by atoms with Crippen LogP contribution < -0.4 is 5.32 Å². The van der Waals surface area contributed by atoms with Crippen LogP contribution in [0.2, 0.25) is 0 Å². The van der Waals surface area contributed by atoms with Crippen molar-refractivity contribution >= 4 is 22.7 Å². The Balaban J connectivity index is 1.59. The molecule has 5 aromatic rings. The number of hydrogen-bond donors (Lipinski definition) is 1. The molecule has 0 saturated carbocycles. The van der Waals surface area contributed by atoms with Gasteiger partial charge in [-0.1, -0.05) is 24.3 Å². The minimum absolute atomic E-state index is 0.473. The van der Waals surface area contributed by atoms with Gasteiger partial charge in [-0.15, -0.1) is 0 Å². The first-order valence-corrected chi connectivity index (χ1v) is 10.4. The van der Waals surface area contributed by atoms with E-state index in [1.165, 1.54) is 6.07 Å². The van der Waals surface area contributed by atoms with E-state index in [1.807, 2.05) is 38.2 Å². The minimum atomic E-state index is -4.41. The molecule has 9 heteroatoms. The Morgan fingerprint density at radius 2 is 1.65 bits per heavy atom. The van der Waals surface area contributed by atoms with E-state index in [-0.39, 0.29) is 0 Å². The van der Waals surface area contributed by atoms with Gasteiger partial charge in [0.1, 0.15) is 0 Å². The van der Waals surface area contributed by atoms with Crippen molar-refractivity contribution in [3.63, 3.8) is 0 Å². The lowest BCUT2D eigenvalue weighted by Crippen LogP contribution is -2.04. The molecule has 5 rings (SSSR count). The van der Waals surface area contributed by atoms with Gasteiger partial charge in [-0.05, 0) is 53.9 Å². The fourth-order valence-corrected chi connectivity index (χ4v) is 3.66. The molecule has 1 N–H and O–H groups in total. The van der Waals surface area contributed by atoms with Gasteiger partial charge in [0.15, 0.2) is 22.8 Å². The fourth-order valence-electron chi connectivity index (χ4n) is 3.66. The summed E-state index contributed by atoms with van der Waals surface area (Å²) >= 11 is 0. The number of aryl methyl sites for hydroxylation is 2. The number of nitrogens with zero attached hydrogens (tertiary/aromatic N) is 5. The summed E-state index contributed by atoms with van der Waals surface area (Å²) < 4.78 is 41.4. The summed E-state index contributed by atoms with van der Waals surface area (Å²) in [5.41, 5.74) is 4.09. The number of halogens is 3. The van der Waals surface area contributed by atoms with Crippen LogP contribution in [-0.4, -0.2) is 24.5 Å². The van der Waals surface area contributed by atoms with Crippen molar-refractivity contribution in [1.29, 1.82) is 0 Å². The lowest BCUT2D eigenvalue weighted by molar-refractivity contribution is -0.137. The molecule has 3 heterocycles. The zero-order chi connectivity index (χ0) is 23.9. The first-order valence-electron chi connectivity index (χ1n) is 10.4. The van der Waals surface area contributed by atoms with E-state index < -0.39 is 11.7 Å². The monoisotopic (exact) mass is 460 g/mol. The molecule has 2 aromatic carbocycles. The molecular weight excluding hydrogens is 441 g/mol. The van der Waals surface area contributed by atoms with E-state index in [9.17, 15) is 13.2 Å². The summed E-state index contributed by atoms with van der Waals surface area (Å²) in [6.45, 7) is 1.92. The standard InChI is InChI=1S/C25H19F3N6/c1-15-6-7-18(17-4-3-5-19(12-17)25(26,27)28)13-20(15)31-23-21-24(34(2)14-30-21)33-22(32-23)16-8-10-29-11-9-16/h3-14H,1-2H3,(H,31,32,33). The van der Waals surface area contributed by atoms with Gasteiger partial charge in [0.05, 0.1) is 11.9 Å². The Bertz CT molecular complexity index is 1490.